The molecule has 0 aromatic heterocycles. The number of carbonyl (C=O) groups is 1. The van der Waals surface area contributed by atoms with Gasteiger partial charge in [0.15, 0.2) is 0 Å². The van der Waals surface area contributed by atoms with E-state index < -0.39 is 0 Å². The number of hydrogen-bond donors (Lipinski definition) is 1. The Bertz CT molecular complexity index is 408. The van der Waals surface area contributed by atoms with Crippen molar-refractivity contribution >= 4 is 5.91 Å². The van der Waals surface area contributed by atoms with Crippen molar-refractivity contribution in [1.82, 2.24) is 4.90 Å². The van der Waals surface area contributed by atoms with Crippen LogP contribution in [0, 0.1) is 0 Å². The fourth-order valence-corrected chi connectivity index (χ4v) is 2.61. The molecular formula is C14H20N2O2. The lowest BCUT2D eigenvalue weighted by Gasteiger charge is -2.43. The topological polar surface area (TPSA) is 55.6 Å². The maximum Gasteiger partial charge on any atom is 0.236 e. The maximum atomic E-state index is 11.9. The van der Waals surface area contributed by atoms with Crippen LogP contribution in [0.5, 0.6) is 0 Å². The highest BCUT2D eigenvalue weighted by Gasteiger charge is 2.36. The summed E-state index contributed by atoms with van der Waals surface area (Å²) in [6.45, 7) is 4.61. The molecule has 98 valence electrons. The minimum Gasteiger partial charge on any atom is -0.369 e. The largest absolute Gasteiger partial charge is 0.369 e. The van der Waals surface area contributed by atoms with E-state index in [0.29, 0.717) is 6.61 Å². The van der Waals surface area contributed by atoms with E-state index in [1.807, 2.05) is 49.1 Å². The summed E-state index contributed by atoms with van der Waals surface area (Å²) in [6.07, 6.45) is -0.0714. The second-order valence-electron chi connectivity index (χ2n) is 4.76. The second-order valence-corrected chi connectivity index (χ2v) is 4.76. The van der Waals surface area contributed by atoms with Gasteiger partial charge < -0.3 is 15.4 Å². The fraction of sp³-hybridized carbons (Fsp3) is 0.500. The van der Waals surface area contributed by atoms with Crippen molar-refractivity contribution in [2.24, 2.45) is 5.73 Å². The Morgan fingerprint density at radius 2 is 2.06 bits per heavy atom. The average molecular weight is 248 g/mol. The van der Waals surface area contributed by atoms with E-state index in [-0.39, 0.29) is 30.6 Å². The number of hydrogen-bond acceptors (Lipinski definition) is 3. The summed E-state index contributed by atoms with van der Waals surface area (Å²) >= 11 is 0. The average Bonchev–Trinajstić information content (AvgIpc) is 2.39. The summed E-state index contributed by atoms with van der Waals surface area (Å²) in [5, 5.41) is 0. The van der Waals surface area contributed by atoms with Crippen molar-refractivity contribution < 1.29 is 9.53 Å². The van der Waals surface area contributed by atoms with Gasteiger partial charge in [-0.25, -0.2) is 0 Å². The van der Waals surface area contributed by atoms with Crippen molar-refractivity contribution in [2.75, 3.05) is 13.2 Å². The van der Waals surface area contributed by atoms with Gasteiger partial charge >= 0.3 is 0 Å². The van der Waals surface area contributed by atoms with E-state index in [4.69, 9.17) is 10.5 Å². The van der Waals surface area contributed by atoms with E-state index in [1.165, 1.54) is 0 Å². The molecule has 4 nitrogen and oxygen atoms in total. The van der Waals surface area contributed by atoms with Crippen LogP contribution in [0.2, 0.25) is 0 Å². The highest BCUT2D eigenvalue weighted by Crippen LogP contribution is 2.30. The number of nitrogens with two attached hydrogens (primary N) is 1. The second kappa shape index (κ2) is 5.50. The van der Waals surface area contributed by atoms with Crippen LogP contribution in [0.1, 0.15) is 25.5 Å². The van der Waals surface area contributed by atoms with Crippen LogP contribution >= 0.6 is 0 Å². The van der Waals surface area contributed by atoms with E-state index >= 15 is 0 Å². The molecule has 1 aromatic rings. The monoisotopic (exact) mass is 248 g/mol. The van der Waals surface area contributed by atoms with Crippen LogP contribution in [0.25, 0.3) is 0 Å². The lowest BCUT2D eigenvalue weighted by Crippen LogP contribution is -2.55. The van der Waals surface area contributed by atoms with Gasteiger partial charge in [0, 0.05) is 0 Å². The molecule has 2 N–H and O–H groups in total. The molecule has 0 saturated carbocycles. The molecule has 3 atom stereocenters. The van der Waals surface area contributed by atoms with Crippen molar-refractivity contribution in [1.29, 1.82) is 0 Å². The quantitative estimate of drug-likeness (QED) is 0.859. The molecule has 0 aliphatic carbocycles. The molecule has 1 aliphatic heterocycles. The number of carbonyl (C=O) groups excluding carboxylic acids is 1. The Morgan fingerprint density at radius 3 is 2.67 bits per heavy atom. The van der Waals surface area contributed by atoms with Gasteiger partial charge in [-0.05, 0) is 19.4 Å². The fourth-order valence-electron chi connectivity index (χ4n) is 2.61. The van der Waals surface area contributed by atoms with E-state index in [1.54, 1.807) is 0 Å². The lowest BCUT2D eigenvalue weighted by atomic mass is 9.98. The molecule has 2 rings (SSSR count). The molecule has 18 heavy (non-hydrogen) atoms. The zero-order valence-electron chi connectivity index (χ0n) is 10.9. The van der Waals surface area contributed by atoms with Gasteiger partial charge in [-0.15, -0.1) is 0 Å². The normalized spacial score (nSPS) is 28.2. The Morgan fingerprint density at radius 1 is 1.39 bits per heavy atom. The zero-order chi connectivity index (χ0) is 13.1. The van der Waals surface area contributed by atoms with Gasteiger partial charge in [-0.1, -0.05) is 30.3 Å². The molecule has 0 bridgehead atoms. The first-order valence-electron chi connectivity index (χ1n) is 6.33. The molecule has 3 unspecified atom stereocenters. The SMILES string of the molecule is CC1COC(c2ccccc2)C(C)N1C(=O)CN. The molecule has 4 heteroatoms. The van der Waals surface area contributed by atoms with E-state index in [9.17, 15) is 4.79 Å². The van der Waals surface area contributed by atoms with E-state index in [2.05, 4.69) is 0 Å². The summed E-state index contributed by atoms with van der Waals surface area (Å²) in [6, 6.07) is 10.1. The van der Waals surface area contributed by atoms with Crippen molar-refractivity contribution in [3.63, 3.8) is 0 Å². The number of ether oxygens (including phenoxy) is 1. The molecule has 1 heterocycles. The first-order valence-corrected chi connectivity index (χ1v) is 6.33. The zero-order valence-corrected chi connectivity index (χ0v) is 10.9. The Labute approximate surface area is 108 Å². The third kappa shape index (κ3) is 2.40. The standard InChI is InChI=1S/C14H20N2O2/c1-10-9-18-14(12-6-4-3-5-7-12)11(2)16(10)13(17)8-15/h3-7,10-11,14H,8-9,15H2,1-2H3. The van der Waals surface area contributed by atoms with Gasteiger partial charge in [0.25, 0.3) is 0 Å². The number of morpholine rings is 1. The van der Waals surface area contributed by atoms with Gasteiger partial charge in [0.05, 0.1) is 25.2 Å². The third-order valence-corrected chi connectivity index (χ3v) is 3.46. The van der Waals surface area contributed by atoms with Crippen LogP contribution in [0.4, 0.5) is 0 Å². The minimum absolute atomic E-state index is 0.00667. The van der Waals surface area contributed by atoms with Crippen LogP contribution in [-0.2, 0) is 9.53 Å². The number of benzene rings is 1. The molecule has 1 amide bonds. The predicted octanol–water partition coefficient (Wildman–Crippen LogP) is 1.32. The van der Waals surface area contributed by atoms with E-state index in [0.717, 1.165) is 5.56 Å². The van der Waals surface area contributed by atoms with Gasteiger partial charge in [-0.2, -0.15) is 0 Å². The highest BCUT2D eigenvalue weighted by atomic mass is 16.5. The van der Waals surface area contributed by atoms with Crippen LogP contribution in [0.3, 0.4) is 0 Å². The van der Waals surface area contributed by atoms with Crippen molar-refractivity contribution in [2.45, 2.75) is 32.0 Å². The highest BCUT2D eigenvalue weighted by molar-refractivity contribution is 5.78. The molecule has 1 saturated heterocycles. The predicted molar refractivity (Wildman–Crippen MR) is 70.0 cm³/mol. The maximum absolute atomic E-state index is 11.9. The molecule has 1 aromatic carbocycles. The summed E-state index contributed by atoms with van der Waals surface area (Å²) in [7, 11) is 0. The Balaban J connectivity index is 2.22. The third-order valence-electron chi connectivity index (χ3n) is 3.46. The van der Waals surface area contributed by atoms with Gasteiger partial charge in [-0.3, -0.25) is 4.79 Å². The number of rotatable bonds is 2. The van der Waals surface area contributed by atoms with Crippen molar-refractivity contribution in [3.8, 4) is 0 Å². The smallest absolute Gasteiger partial charge is 0.236 e. The first kappa shape index (κ1) is 13.1. The number of amides is 1. The molecule has 0 spiro atoms. The minimum atomic E-state index is -0.0714. The number of nitrogens with zero attached hydrogens (tertiary/aromatic N) is 1. The molecule has 0 radical (unpaired) electrons. The van der Waals surface area contributed by atoms with Crippen LogP contribution in [0.15, 0.2) is 30.3 Å². The summed E-state index contributed by atoms with van der Waals surface area (Å²) in [4.78, 5) is 13.8. The first-order chi connectivity index (χ1) is 8.65. The lowest BCUT2D eigenvalue weighted by molar-refractivity contribution is -0.151. The molecule has 1 fully saturated rings. The molecule has 1 aliphatic rings. The Hall–Kier alpha value is -1.39. The van der Waals surface area contributed by atoms with Crippen LogP contribution < -0.4 is 5.73 Å². The Kier molecular flexibility index (Phi) is 3.99. The summed E-state index contributed by atoms with van der Waals surface area (Å²) in [5.74, 6) is -0.0146. The van der Waals surface area contributed by atoms with Crippen LogP contribution in [-0.4, -0.2) is 36.0 Å². The molecular weight excluding hydrogens is 228 g/mol. The van der Waals surface area contributed by atoms with Gasteiger partial charge in [0.2, 0.25) is 5.91 Å². The summed E-state index contributed by atoms with van der Waals surface area (Å²) < 4.78 is 5.88. The van der Waals surface area contributed by atoms with Crippen molar-refractivity contribution in [3.05, 3.63) is 35.9 Å². The summed E-state index contributed by atoms with van der Waals surface area (Å²) in [5.41, 5.74) is 6.58. The van der Waals surface area contributed by atoms with Gasteiger partial charge in [0.1, 0.15) is 6.10 Å².